The molecule has 0 bridgehead atoms. The molecule has 0 aliphatic carbocycles. The molecule has 0 spiro atoms. The molecule has 1 unspecified atom stereocenters. The van der Waals surface area contributed by atoms with Crippen molar-refractivity contribution in [2.45, 2.75) is 19.0 Å². The highest BCUT2D eigenvalue weighted by Crippen LogP contribution is 2.19. The first-order valence-electron chi connectivity index (χ1n) is 6.88. The average molecular weight is 403 g/mol. The van der Waals surface area contributed by atoms with Crippen molar-refractivity contribution in [3.8, 4) is 0 Å². The summed E-state index contributed by atoms with van der Waals surface area (Å²) >= 11 is 15.2. The summed E-state index contributed by atoms with van der Waals surface area (Å²) in [6, 6.07) is 4.02. The SMILES string of the molecule is Clc1ccc(CNC2CCN(c3ncc(Br)cn3)C2)c(Cl)n1. The van der Waals surface area contributed by atoms with Crippen LogP contribution in [0.2, 0.25) is 10.3 Å². The molecule has 22 heavy (non-hydrogen) atoms. The summed E-state index contributed by atoms with van der Waals surface area (Å²) in [6.45, 7) is 2.48. The third kappa shape index (κ3) is 3.87. The van der Waals surface area contributed by atoms with Gasteiger partial charge < -0.3 is 10.2 Å². The molecule has 1 atom stereocenters. The lowest BCUT2D eigenvalue weighted by Gasteiger charge is -2.17. The van der Waals surface area contributed by atoms with Crippen molar-refractivity contribution in [3.05, 3.63) is 44.9 Å². The van der Waals surface area contributed by atoms with Crippen LogP contribution in [0.5, 0.6) is 0 Å². The predicted octanol–water partition coefficient (Wildman–Crippen LogP) is 3.31. The van der Waals surface area contributed by atoms with Gasteiger partial charge in [0.1, 0.15) is 10.3 Å². The second-order valence-corrected chi connectivity index (χ2v) is 6.76. The topological polar surface area (TPSA) is 53.9 Å². The molecule has 116 valence electrons. The van der Waals surface area contributed by atoms with E-state index in [2.05, 4.69) is 41.1 Å². The third-order valence-electron chi connectivity index (χ3n) is 3.55. The molecule has 2 aromatic heterocycles. The van der Waals surface area contributed by atoms with Crippen LogP contribution in [0.25, 0.3) is 0 Å². The van der Waals surface area contributed by atoms with Crippen LogP contribution in [0.15, 0.2) is 29.0 Å². The van der Waals surface area contributed by atoms with Gasteiger partial charge >= 0.3 is 0 Å². The summed E-state index contributed by atoms with van der Waals surface area (Å²) < 4.78 is 0.884. The molecule has 1 aliphatic rings. The maximum atomic E-state index is 6.08. The van der Waals surface area contributed by atoms with E-state index in [4.69, 9.17) is 23.2 Å². The van der Waals surface area contributed by atoms with Gasteiger partial charge in [-0.2, -0.15) is 0 Å². The first-order valence-corrected chi connectivity index (χ1v) is 8.43. The molecule has 2 aromatic rings. The molecule has 1 aliphatic heterocycles. The minimum absolute atomic E-state index is 0.374. The Morgan fingerprint density at radius 2 is 2.05 bits per heavy atom. The Morgan fingerprint density at radius 1 is 1.27 bits per heavy atom. The summed E-state index contributed by atoms with van der Waals surface area (Å²) in [6.07, 6.45) is 4.57. The Hall–Kier alpha value is -0.950. The number of hydrogen-bond donors (Lipinski definition) is 1. The van der Waals surface area contributed by atoms with Crippen molar-refractivity contribution in [2.75, 3.05) is 18.0 Å². The fourth-order valence-electron chi connectivity index (χ4n) is 2.40. The summed E-state index contributed by atoms with van der Waals surface area (Å²) in [4.78, 5) is 14.9. The van der Waals surface area contributed by atoms with Gasteiger partial charge in [0.2, 0.25) is 5.95 Å². The number of anilines is 1. The molecule has 1 saturated heterocycles. The van der Waals surface area contributed by atoms with E-state index < -0.39 is 0 Å². The van der Waals surface area contributed by atoms with Crippen molar-refractivity contribution < 1.29 is 0 Å². The largest absolute Gasteiger partial charge is 0.339 e. The number of nitrogens with zero attached hydrogens (tertiary/aromatic N) is 4. The fourth-order valence-corrected chi connectivity index (χ4v) is 3.02. The van der Waals surface area contributed by atoms with Gasteiger partial charge in [0.05, 0.1) is 4.47 Å². The molecular formula is C14H14BrCl2N5. The lowest BCUT2D eigenvalue weighted by molar-refractivity contribution is 0.550. The van der Waals surface area contributed by atoms with Gasteiger partial charge in [-0.05, 0) is 28.4 Å². The summed E-state index contributed by atoms with van der Waals surface area (Å²) in [5.74, 6) is 0.763. The first-order chi connectivity index (χ1) is 10.6. The maximum absolute atomic E-state index is 6.08. The molecule has 0 saturated carbocycles. The third-order valence-corrected chi connectivity index (χ3v) is 4.50. The van der Waals surface area contributed by atoms with E-state index in [1.165, 1.54) is 0 Å². The van der Waals surface area contributed by atoms with E-state index in [9.17, 15) is 0 Å². The Labute approximate surface area is 147 Å². The maximum Gasteiger partial charge on any atom is 0.225 e. The van der Waals surface area contributed by atoms with Crippen molar-refractivity contribution in [1.82, 2.24) is 20.3 Å². The molecular weight excluding hydrogens is 389 g/mol. The van der Waals surface area contributed by atoms with Crippen molar-refractivity contribution in [1.29, 1.82) is 0 Å². The molecule has 1 fully saturated rings. The minimum Gasteiger partial charge on any atom is -0.339 e. The molecule has 0 aromatic carbocycles. The van der Waals surface area contributed by atoms with E-state index in [-0.39, 0.29) is 0 Å². The monoisotopic (exact) mass is 401 g/mol. The van der Waals surface area contributed by atoms with Crippen LogP contribution in [-0.4, -0.2) is 34.1 Å². The highest BCUT2D eigenvalue weighted by atomic mass is 79.9. The van der Waals surface area contributed by atoms with Gasteiger partial charge in [-0.1, -0.05) is 29.3 Å². The lowest BCUT2D eigenvalue weighted by atomic mass is 10.2. The van der Waals surface area contributed by atoms with Crippen molar-refractivity contribution in [2.24, 2.45) is 0 Å². The number of halogens is 3. The van der Waals surface area contributed by atoms with Gasteiger partial charge in [0, 0.05) is 43.6 Å². The number of nitrogens with one attached hydrogen (secondary N) is 1. The average Bonchev–Trinajstić information content (AvgIpc) is 2.96. The van der Waals surface area contributed by atoms with Crippen LogP contribution in [0.1, 0.15) is 12.0 Å². The molecule has 1 N–H and O–H groups in total. The highest BCUT2D eigenvalue weighted by Gasteiger charge is 2.24. The summed E-state index contributed by atoms with van der Waals surface area (Å²) in [5, 5.41) is 4.36. The highest BCUT2D eigenvalue weighted by molar-refractivity contribution is 9.10. The Balaban J connectivity index is 1.56. The van der Waals surface area contributed by atoms with Gasteiger partial charge in [0.15, 0.2) is 0 Å². The summed E-state index contributed by atoms with van der Waals surface area (Å²) in [7, 11) is 0. The van der Waals surface area contributed by atoms with E-state index in [1.807, 2.05) is 6.07 Å². The molecule has 8 heteroatoms. The Bertz CT molecular complexity index is 652. The second-order valence-electron chi connectivity index (χ2n) is 5.10. The first kappa shape index (κ1) is 15.9. The van der Waals surface area contributed by atoms with Gasteiger partial charge in [-0.15, -0.1) is 0 Å². The smallest absolute Gasteiger partial charge is 0.225 e. The molecule has 0 radical (unpaired) electrons. The zero-order chi connectivity index (χ0) is 15.5. The van der Waals surface area contributed by atoms with E-state index >= 15 is 0 Å². The quantitative estimate of drug-likeness (QED) is 0.795. The minimum atomic E-state index is 0.374. The molecule has 5 nitrogen and oxygen atoms in total. The zero-order valence-corrected chi connectivity index (χ0v) is 14.7. The predicted molar refractivity (Wildman–Crippen MR) is 91.4 cm³/mol. The molecule has 3 rings (SSSR count). The lowest BCUT2D eigenvalue weighted by Crippen LogP contribution is -2.32. The van der Waals surface area contributed by atoms with Crippen LogP contribution in [0.4, 0.5) is 5.95 Å². The summed E-state index contributed by atoms with van der Waals surface area (Å²) in [5.41, 5.74) is 0.949. The van der Waals surface area contributed by atoms with Crippen LogP contribution in [0, 0.1) is 0 Å². The fraction of sp³-hybridized carbons (Fsp3) is 0.357. The van der Waals surface area contributed by atoms with Gasteiger partial charge in [-0.3, -0.25) is 0 Å². The van der Waals surface area contributed by atoms with Crippen LogP contribution in [0.3, 0.4) is 0 Å². The van der Waals surface area contributed by atoms with Crippen LogP contribution in [-0.2, 0) is 6.54 Å². The second kappa shape index (κ2) is 7.08. The van der Waals surface area contributed by atoms with Crippen molar-refractivity contribution >= 4 is 45.1 Å². The number of pyridine rings is 1. The van der Waals surface area contributed by atoms with E-state index in [0.29, 0.717) is 22.9 Å². The van der Waals surface area contributed by atoms with Gasteiger partial charge in [-0.25, -0.2) is 15.0 Å². The van der Waals surface area contributed by atoms with E-state index in [0.717, 1.165) is 35.5 Å². The normalized spacial score (nSPS) is 18.0. The standard InChI is InChI=1S/C14H14BrCl2N5/c15-10-6-19-14(20-7-10)22-4-3-11(8-22)18-5-9-1-2-12(16)21-13(9)17/h1-2,6-7,11,18H,3-5,8H2. The number of aromatic nitrogens is 3. The zero-order valence-electron chi connectivity index (χ0n) is 11.6. The number of rotatable bonds is 4. The van der Waals surface area contributed by atoms with Crippen LogP contribution < -0.4 is 10.2 Å². The van der Waals surface area contributed by atoms with Gasteiger partial charge in [0.25, 0.3) is 0 Å². The van der Waals surface area contributed by atoms with E-state index in [1.54, 1.807) is 18.5 Å². The Morgan fingerprint density at radius 3 is 2.77 bits per heavy atom. The molecule has 3 heterocycles. The number of hydrogen-bond acceptors (Lipinski definition) is 5. The van der Waals surface area contributed by atoms with Crippen LogP contribution >= 0.6 is 39.1 Å². The van der Waals surface area contributed by atoms with Crippen molar-refractivity contribution in [3.63, 3.8) is 0 Å². The molecule has 0 amide bonds. The Kier molecular flexibility index (Phi) is 5.13.